The van der Waals surface area contributed by atoms with Gasteiger partial charge in [0.1, 0.15) is 23.2 Å². The molecule has 2 aromatic heterocycles. The predicted octanol–water partition coefficient (Wildman–Crippen LogP) is 0.736. The maximum Gasteiger partial charge on any atom is 0.141 e. The number of nitrogens with one attached hydrogen (secondary N) is 1. The Bertz CT molecular complexity index is 559. The fourth-order valence-corrected chi connectivity index (χ4v) is 1.63. The molecule has 2 aromatic rings. The minimum atomic E-state index is -0.0257. The number of nitrogen functional groups attached to an aromatic ring is 1. The van der Waals surface area contributed by atoms with Gasteiger partial charge < -0.3 is 15.2 Å². The van der Waals surface area contributed by atoms with Crippen LogP contribution in [-0.4, -0.2) is 27.4 Å². The van der Waals surface area contributed by atoms with Gasteiger partial charge in [-0.2, -0.15) is 0 Å². The molecule has 0 saturated carbocycles. The van der Waals surface area contributed by atoms with Crippen molar-refractivity contribution in [3.8, 4) is 0 Å². The van der Waals surface area contributed by atoms with Crippen molar-refractivity contribution < 1.29 is 0 Å². The van der Waals surface area contributed by atoms with E-state index in [1.807, 2.05) is 41.9 Å². The minimum Gasteiger partial charge on any atom is -0.382 e. The molecule has 0 saturated heterocycles. The number of anilines is 1. The van der Waals surface area contributed by atoms with Gasteiger partial charge in [-0.1, -0.05) is 6.07 Å². The third-order valence-corrected chi connectivity index (χ3v) is 2.70. The zero-order valence-electron chi connectivity index (χ0n) is 10.5. The summed E-state index contributed by atoms with van der Waals surface area (Å²) in [6.45, 7) is 0.651. The van der Waals surface area contributed by atoms with Gasteiger partial charge in [0.15, 0.2) is 0 Å². The van der Waals surface area contributed by atoms with Gasteiger partial charge in [-0.25, -0.2) is 9.97 Å². The first-order valence-corrected chi connectivity index (χ1v) is 5.56. The van der Waals surface area contributed by atoms with Gasteiger partial charge in [0.25, 0.3) is 0 Å². The van der Waals surface area contributed by atoms with E-state index in [1.54, 1.807) is 12.3 Å². The highest BCUT2D eigenvalue weighted by molar-refractivity contribution is 5.93. The summed E-state index contributed by atoms with van der Waals surface area (Å²) in [5, 5.41) is 7.38. The number of nitrogens with two attached hydrogens (primary N) is 1. The Morgan fingerprint density at radius 2 is 2.28 bits per heavy atom. The number of nitrogens with zero attached hydrogens (tertiary/aromatic N) is 4. The second-order valence-electron chi connectivity index (χ2n) is 4.11. The van der Waals surface area contributed by atoms with E-state index < -0.39 is 0 Å². The number of aromatic nitrogens is 3. The quantitative estimate of drug-likeness (QED) is 0.613. The van der Waals surface area contributed by atoms with Crippen LogP contribution in [0.3, 0.4) is 0 Å². The molecular formula is C12H16N6. The molecule has 0 aromatic carbocycles. The summed E-state index contributed by atoms with van der Waals surface area (Å²) < 4.78 is 1.96. The van der Waals surface area contributed by atoms with Crippen LogP contribution >= 0.6 is 0 Å². The van der Waals surface area contributed by atoms with E-state index in [-0.39, 0.29) is 5.84 Å². The second kappa shape index (κ2) is 4.87. The van der Waals surface area contributed by atoms with Gasteiger partial charge in [0.05, 0.1) is 6.54 Å². The minimum absolute atomic E-state index is 0.0257. The molecule has 6 nitrogen and oxygen atoms in total. The monoisotopic (exact) mass is 244 g/mol. The molecule has 6 heteroatoms. The van der Waals surface area contributed by atoms with Gasteiger partial charge in [-0.15, -0.1) is 0 Å². The molecule has 2 heterocycles. The van der Waals surface area contributed by atoms with E-state index in [4.69, 9.17) is 11.1 Å². The van der Waals surface area contributed by atoms with Gasteiger partial charge >= 0.3 is 0 Å². The van der Waals surface area contributed by atoms with Crippen LogP contribution in [-0.2, 0) is 13.6 Å². The van der Waals surface area contributed by atoms with E-state index in [2.05, 4.69) is 9.97 Å². The molecular weight excluding hydrogens is 228 g/mol. The number of imidazole rings is 1. The summed E-state index contributed by atoms with van der Waals surface area (Å²) in [6, 6.07) is 5.45. The molecule has 3 N–H and O–H groups in total. The maximum absolute atomic E-state index is 7.38. The summed E-state index contributed by atoms with van der Waals surface area (Å²) in [5.41, 5.74) is 5.91. The Kier molecular flexibility index (Phi) is 3.27. The molecule has 94 valence electrons. The Hall–Kier alpha value is -2.37. The zero-order valence-corrected chi connectivity index (χ0v) is 10.5. The van der Waals surface area contributed by atoms with E-state index in [0.29, 0.717) is 12.2 Å². The zero-order chi connectivity index (χ0) is 13.1. The number of amidine groups is 1. The number of hydrogen-bond donors (Lipinski definition) is 2. The Morgan fingerprint density at radius 3 is 2.89 bits per heavy atom. The standard InChI is InChI=1S/C12H16N6/c1-17-7-6-15-11(17)8-18(2)10-5-3-4-9(16-10)12(13)14/h3-7H,8H2,1-2H3,(H3,13,14). The lowest BCUT2D eigenvalue weighted by atomic mass is 10.3. The Balaban J connectivity index is 2.18. The van der Waals surface area contributed by atoms with Gasteiger partial charge in [0, 0.05) is 26.5 Å². The molecule has 0 spiro atoms. The smallest absolute Gasteiger partial charge is 0.141 e. The van der Waals surface area contributed by atoms with Crippen LogP contribution in [0.1, 0.15) is 11.5 Å². The highest BCUT2D eigenvalue weighted by Crippen LogP contribution is 2.12. The van der Waals surface area contributed by atoms with Crippen LogP contribution in [0, 0.1) is 5.41 Å². The Morgan fingerprint density at radius 1 is 1.50 bits per heavy atom. The van der Waals surface area contributed by atoms with Gasteiger partial charge in [-0.3, -0.25) is 5.41 Å². The first kappa shape index (κ1) is 12.1. The first-order chi connectivity index (χ1) is 8.58. The predicted molar refractivity (Wildman–Crippen MR) is 70.6 cm³/mol. The fourth-order valence-electron chi connectivity index (χ4n) is 1.63. The molecule has 0 radical (unpaired) electrons. The van der Waals surface area contributed by atoms with Crippen LogP contribution in [0.4, 0.5) is 5.82 Å². The van der Waals surface area contributed by atoms with Crippen molar-refractivity contribution in [2.75, 3.05) is 11.9 Å². The maximum atomic E-state index is 7.38. The van der Waals surface area contributed by atoms with Crippen molar-refractivity contribution in [2.24, 2.45) is 12.8 Å². The topological polar surface area (TPSA) is 83.8 Å². The van der Waals surface area contributed by atoms with E-state index in [0.717, 1.165) is 11.6 Å². The first-order valence-electron chi connectivity index (χ1n) is 5.56. The van der Waals surface area contributed by atoms with Crippen LogP contribution in [0.2, 0.25) is 0 Å². The molecule has 18 heavy (non-hydrogen) atoms. The average molecular weight is 244 g/mol. The van der Waals surface area contributed by atoms with Gasteiger partial charge in [0.2, 0.25) is 0 Å². The summed E-state index contributed by atoms with van der Waals surface area (Å²) in [4.78, 5) is 10.6. The summed E-state index contributed by atoms with van der Waals surface area (Å²) in [5.74, 6) is 1.69. The second-order valence-corrected chi connectivity index (χ2v) is 4.11. The van der Waals surface area contributed by atoms with Crippen molar-refractivity contribution >= 4 is 11.7 Å². The van der Waals surface area contributed by atoms with E-state index in [1.165, 1.54) is 0 Å². The van der Waals surface area contributed by atoms with Gasteiger partial charge in [-0.05, 0) is 12.1 Å². The van der Waals surface area contributed by atoms with Crippen LogP contribution in [0.25, 0.3) is 0 Å². The highest BCUT2D eigenvalue weighted by atomic mass is 15.2. The van der Waals surface area contributed by atoms with Crippen molar-refractivity contribution in [1.82, 2.24) is 14.5 Å². The van der Waals surface area contributed by atoms with E-state index >= 15 is 0 Å². The summed E-state index contributed by atoms with van der Waals surface area (Å²) in [7, 11) is 3.89. The van der Waals surface area contributed by atoms with Crippen molar-refractivity contribution in [2.45, 2.75) is 6.54 Å². The molecule has 0 aliphatic rings. The normalized spacial score (nSPS) is 10.3. The highest BCUT2D eigenvalue weighted by Gasteiger charge is 2.08. The van der Waals surface area contributed by atoms with Crippen molar-refractivity contribution in [3.63, 3.8) is 0 Å². The Labute approximate surface area is 106 Å². The number of hydrogen-bond acceptors (Lipinski definition) is 4. The largest absolute Gasteiger partial charge is 0.382 e. The summed E-state index contributed by atoms with van der Waals surface area (Å²) >= 11 is 0. The average Bonchev–Trinajstić information content (AvgIpc) is 2.75. The van der Waals surface area contributed by atoms with Crippen molar-refractivity contribution in [3.05, 3.63) is 42.1 Å². The molecule has 0 aliphatic heterocycles. The molecule has 2 rings (SSSR count). The number of pyridine rings is 1. The number of aryl methyl sites for hydroxylation is 1. The van der Waals surface area contributed by atoms with E-state index in [9.17, 15) is 0 Å². The van der Waals surface area contributed by atoms with Crippen LogP contribution in [0.15, 0.2) is 30.6 Å². The fraction of sp³-hybridized carbons (Fsp3) is 0.250. The molecule has 0 amide bonds. The lowest BCUT2D eigenvalue weighted by Crippen LogP contribution is -2.22. The molecule has 0 fully saturated rings. The SMILES string of the molecule is CN(Cc1nccn1C)c1cccc(C(=N)N)n1. The molecule has 0 unspecified atom stereocenters. The molecule has 0 aliphatic carbocycles. The third kappa shape index (κ3) is 2.48. The van der Waals surface area contributed by atoms with Crippen LogP contribution < -0.4 is 10.6 Å². The van der Waals surface area contributed by atoms with Crippen molar-refractivity contribution in [1.29, 1.82) is 5.41 Å². The molecule has 0 atom stereocenters. The van der Waals surface area contributed by atoms with Crippen LogP contribution in [0.5, 0.6) is 0 Å². The lowest BCUT2D eigenvalue weighted by Gasteiger charge is -2.18. The lowest BCUT2D eigenvalue weighted by molar-refractivity contribution is 0.755. The molecule has 0 bridgehead atoms. The third-order valence-electron chi connectivity index (χ3n) is 2.70. The number of rotatable bonds is 4. The summed E-state index contributed by atoms with van der Waals surface area (Å²) in [6.07, 6.45) is 3.67.